The maximum Gasteiger partial charge on any atom is 0.416 e. The summed E-state index contributed by atoms with van der Waals surface area (Å²) in [6.07, 6.45) is -13.4. The van der Waals surface area contributed by atoms with Crippen molar-refractivity contribution in [3.8, 4) is 22.8 Å². The van der Waals surface area contributed by atoms with Gasteiger partial charge in [-0.05, 0) is 49.2 Å². The lowest BCUT2D eigenvalue weighted by molar-refractivity contribution is -0.144. The molecule has 0 spiro atoms. The second kappa shape index (κ2) is 20.1. The summed E-state index contributed by atoms with van der Waals surface area (Å²) in [7, 11) is -5.89. The number of carbonyl (C=O) groups is 2. The Kier molecular flexibility index (Phi) is 16.0. The van der Waals surface area contributed by atoms with Gasteiger partial charge in [0.15, 0.2) is 31.3 Å². The number of benzene rings is 2. The van der Waals surface area contributed by atoms with Crippen LogP contribution in [-0.2, 0) is 54.0 Å². The molecule has 0 radical (unpaired) electrons. The maximum atomic E-state index is 13.0. The van der Waals surface area contributed by atoms with Crippen LogP contribution in [0.15, 0.2) is 61.2 Å². The minimum absolute atomic E-state index is 0.00367. The fraction of sp³-hybridized carbons (Fsp3) is 0.353. The third-order valence-electron chi connectivity index (χ3n) is 8.56. The third-order valence-corrected chi connectivity index (χ3v) is 12.1. The quantitative estimate of drug-likeness (QED) is 0.0674. The number of nitrogens with zero attached hydrogens (tertiary/aromatic N) is 6. The molecule has 65 heavy (non-hydrogen) atoms. The zero-order valence-electron chi connectivity index (χ0n) is 32.3. The molecule has 2 aliphatic rings. The molecule has 2 atom stereocenters. The number of amides is 1. The SMILES string of the molecule is NNC1CCS(=O)(=O)C1.O=C(/C=C\n1cnc(-c2cc(C(F)(F)F)cc(C(F)(F)F)c2)n1)NNC1CCS(=O)(=O)C1.O=C(O)/C=C\n1cnc(-c2cc(C(F)(F)F)cc(C(F)(F)F)c2)n1. The van der Waals surface area contributed by atoms with E-state index < -0.39 is 107 Å². The normalized spacial score (nSPS) is 18.5. The van der Waals surface area contributed by atoms with E-state index in [4.69, 9.17) is 10.9 Å². The van der Waals surface area contributed by atoms with Crippen LogP contribution in [0.4, 0.5) is 52.7 Å². The number of hydrogen-bond donors (Lipinski definition) is 5. The molecule has 6 N–H and O–H groups in total. The highest BCUT2D eigenvalue weighted by Gasteiger charge is 2.39. The maximum absolute atomic E-state index is 13.0. The molecule has 2 fully saturated rings. The Morgan fingerprint density at radius 1 is 0.631 bits per heavy atom. The minimum atomic E-state index is -5.01. The zero-order chi connectivity index (χ0) is 48.8. The number of halogens is 12. The van der Waals surface area contributed by atoms with Crippen LogP contribution >= 0.6 is 0 Å². The smallest absolute Gasteiger partial charge is 0.416 e. The summed E-state index contributed by atoms with van der Waals surface area (Å²) in [4.78, 5) is 29.4. The summed E-state index contributed by atoms with van der Waals surface area (Å²) in [5.74, 6) is 2.56. The number of hydrazine groups is 2. The lowest BCUT2D eigenvalue weighted by Crippen LogP contribution is -2.44. The Labute approximate surface area is 358 Å². The van der Waals surface area contributed by atoms with E-state index in [-0.39, 0.29) is 41.2 Å². The number of nitrogens with two attached hydrogens (primary N) is 1. The standard InChI is InChI=1S/C17H15F6N5O3S.C13H7F6N3O2.C4H10N2O2S/c18-16(19,20)11-5-10(6-12(7-11)17(21,22)23)15-24-9-28(27-15)3-1-14(29)26-25-13-2-4-32(30,31)8-13;14-12(15,16)8-3-7(4-9(5-8)13(17,18)19)11-20-6-22(21-11)2-1-10(23)24;5-6-4-1-2-9(7,8)3-4/h1,3,5-7,9,13,25H,2,4,8H2,(H,26,29);1-6H,(H,23,24);4,6H,1-3,5H2/b3-1-;2-1-;. The van der Waals surface area contributed by atoms with E-state index >= 15 is 0 Å². The Morgan fingerprint density at radius 2 is 1.00 bits per heavy atom. The molecule has 0 saturated carbocycles. The first kappa shape index (κ1) is 51.7. The van der Waals surface area contributed by atoms with Crippen molar-refractivity contribution in [1.29, 1.82) is 0 Å². The number of hydrogen-bond acceptors (Lipinski definition) is 13. The number of sulfone groups is 2. The van der Waals surface area contributed by atoms with Gasteiger partial charge >= 0.3 is 30.7 Å². The Hall–Kier alpha value is -5.92. The summed E-state index contributed by atoms with van der Waals surface area (Å²) in [5.41, 5.74) is 0.255. The van der Waals surface area contributed by atoms with Crippen molar-refractivity contribution in [3.63, 3.8) is 0 Å². The van der Waals surface area contributed by atoms with Crippen LogP contribution in [0.3, 0.4) is 0 Å². The fourth-order valence-corrected chi connectivity index (χ4v) is 8.82. The summed E-state index contributed by atoms with van der Waals surface area (Å²) in [5, 5.41) is 15.8. The lowest BCUT2D eigenvalue weighted by Gasteiger charge is -2.13. The number of aliphatic carboxylic acids is 1. The molecule has 1 amide bonds. The molecular formula is C34H32F12N10O7S2. The first-order chi connectivity index (χ1) is 29.8. The van der Waals surface area contributed by atoms with Crippen LogP contribution in [0.5, 0.6) is 0 Å². The van der Waals surface area contributed by atoms with Gasteiger partial charge in [0.25, 0.3) is 5.91 Å². The number of aromatic nitrogens is 6. The van der Waals surface area contributed by atoms with Gasteiger partial charge < -0.3 is 5.11 Å². The summed E-state index contributed by atoms with van der Waals surface area (Å²) in [6.45, 7) is 0. The molecule has 2 aliphatic heterocycles. The van der Waals surface area contributed by atoms with Crippen molar-refractivity contribution in [2.75, 3.05) is 23.0 Å². The van der Waals surface area contributed by atoms with Crippen LogP contribution in [-0.4, -0.2) is 98.4 Å². The van der Waals surface area contributed by atoms with Gasteiger partial charge in [-0.3, -0.25) is 21.5 Å². The highest BCUT2D eigenvalue weighted by Crippen LogP contribution is 2.39. The molecule has 17 nitrogen and oxygen atoms in total. The van der Waals surface area contributed by atoms with Crippen molar-refractivity contribution < 1.29 is 84.2 Å². The van der Waals surface area contributed by atoms with E-state index in [2.05, 4.69) is 36.4 Å². The van der Waals surface area contributed by atoms with Crippen LogP contribution in [0.1, 0.15) is 35.1 Å². The van der Waals surface area contributed by atoms with Gasteiger partial charge in [0.05, 0.1) is 45.3 Å². The molecule has 4 heterocycles. The van der Waals surface area contributed by atoms with Crippen molar-refractivity contribution in [2.24, 2.45) is 5.84 Å². The van der Waals surface area contributed by atoms with E-state index in [0.29, 0.717) is 43.2 Å². The molecule has 0 bridgehead atoms. The van der Waals surface area contributed by atoms with Crippen LogP contribution in [0.2, 0.25) is 0 Å². The summed E-state index contributed by atoms with van der Waals surface area (Å²) < 4.78 is 200. The highest BCUT2D eigenvalue weighted by molar-refractivity contribution is 7.91. The van der Waals surface area contributed by atoms with Gasteiger partial charge in [-0.15, -0.1) is 10.2 Å². The average molecular weight is 985 g/mol. The van der Waals surface area contributed by atoms with Gasteiger partial charge in [-0.1, -0.05) is 0 Å². The van der Waals surface area contributed by atoms with Gasteiger partial charge in [-0.25, -0.2) is 46.4 Å². The van der Waals surface area contributed by atoms with Gasteiger partial charge in [0.2, 0.25) is 0 Å². The lowest BCUT2D eigenvalue weighted by atomic mass is 10.0. The van der Waals surface area contributed by atoms with Crippen LogP contribution in [0.25, 0.3) is 35.2 Å². The van der Waals surface area contributed by atoms with E-state index in [1.807, 2.05) is 0 Å². The van der Waals surface area contributed by atoms with E-state index in [1.54, 1.807) is 0 Å². The van der Waals surface area contributed by atoms with Crippen molar-refractivity contribution in [2.45, 2.75) is 49.6 Å². The molecule has 31 heteroatoms. The number of nitrogens with one attached hydrogen (secondary N) is 3. The monoisotopic (exact) mass is 984 g/mol. The molecule has 2 unspecified atom stereocenters. The first-order valence-corrected chi connectivity index (χ1v) is 21.4. The van der Waals surface area contributed by atoms with E-state index in [9.17, 15) is 79.1 Å². The minimum Gasteiger partial charge on any atom is -0.478 e. The predicted octanol–water partition coefficient (Wildman–Crippen LogP) is 4.44. The second-order valence-electron chi connectivity index (χ2n) is 13.7. The number of carboxylic acid groups (broad SMARTS) is 1. The van der Waals surface area contributed by atoms with E-state index in [1.165, 1.54) is 0 Å². The topological polar surface area (TPSA) is 246 Å². The Morgan fingerprint density at radius 3 is 1.31 bits per heavy atom. The van der Waals surface area contributed by atoms with Crippen molar-refractivity contribution in [1.82, 2.24) is 45.8 Å². The average Bonchev–Trinajstić information content (AvgIpc) is 4.01. The highest BCUT2D eigenvalue weighted by atomic mass is 32.2. The van der Waals surface area contributed by atoms with Crippen molar-refractivity contribution in [3.05, 3.63) is 83.5 Å². The summed E-state index contributed by atoms with van der Waals surface area (Å²) >= 11 is 0. The second-order valence-corrected chi connectivity index (χ2v) is 18.1. The molecule has 4 aromatic rings. The number of carboxylic acids is 1. The number of rotatable bonds is 9. The predicted molar refractivity (Wildman–Crippen MR) is 202 cm³/mol. The Bertz CT molecular complexity index is 2560. The zero-order valence-corrected chi connectivity index (χ0v) is 34.0. The molecule has 356 valence electrons. The van der Waals surface area contributed by atoms with Crippen molar-refractivity contribution >= 4 is 44.0 Å². The van der Waals surface area contributed by atoms with Crippen LogP contribution in [0, 0.1) is 0 Å². The molecule has 6 rings (SSSR count). The third kappa shape index (κ3) is 15.9. The summed E-state index contributed by atoms with van der Waals surface area (Å²) in [6, 6.07) is 1.47. The van der Waals surface area contributed by atoms with E-state index in [0.717, 1.165) is 40.5 Å². The van der Waals surface area contributed by atoms with Crippen LogP contribution < -0.4 is 22.1 Å². The number of carbonyl (C=O) groups excluding carboxylic acids is 1. The fourth-order valence-electron chi connectivity index (χ4n) is 5.46. The molecule has 2 aromatic carbocycles. The van der Waals surface area contributed by atoms with Gasteiger partial charge in [0.1, 0.15) is 12.7 Å². The Balaban J connectivity index is 0.000000245. The first-order valence-electron chi connectivity index (χ1n) is 17.8. The van der Waals surface area contributed by atoms with Gasteiger partial charge in [0, 0.05) is 47.8 Å². The number of alkyl halides is 12. The molecule has 0 aliphatic carbocycles. The van der Waals surface area contributed by atoms with Gasteiger partial charge in [-0.2, -0.15) is 52.7 Å². The largest absolute Gasteiger partial charge is 0.478 e. The molecule has 2 aromatic heterocycles. The molecular weight excluding hydrogens is 953 g/mol. The molecule has 2 saturated heterocycles.